The van der Waals surface area contributed by atoms with E-state index in [4.69, 9.17) is 4.74 Å². The molecule has 7 nitrogen and oxygen atoms in total. The lowest BCUT2D eigenvalue weighted by molar-refractivity contribution is -0.115. The first kappa shape index (κ1) is 17.2. The molecule has 126 valence electrons. The number of rotatable bonds is 9. The van der Waals surface area contributed by atoms with E-state index in [9.17, 15) is 4.79 Å². The van der Waals surface area contributed by atoms with Crippen LogP contribution in [-0.4, -0.2) is 50.2 Å². The van der Waals surface area contributed by atoms with Crippen molar-refractivity contribution >= 4 is 17.6 Å². The number of guanidine groups is 1. The summed E-state index contributed by atoms with van der Waals surface area (Å²) in [6, 6.07) is 3.56. The first-order valence-corrected chi connectivity index (χ1v) is 8.00. The lowest BCUT2D eigenvalue weighted by Gasteiger charge is -2.12. The summed E-state index contributed by atoms with van der Waals surface area (Å²) in [5.74, 6) is 1.26. The number of aromatic nitrogens is 1. The number of hydrogen-bond acceptors (Lipinski definition) is 4. The smallest absolute Gasteiger partial charge is 0.243 e. The van der Waals surface area contributed by atoms with E-state index in [0.29, 0.717) is 11.6 Å². The molecule has 1 aromatic rings. The minimum Gasteiger partial charge on any atom is -0.381 e. The molecule has 7 heteroatoms. The summed E-state index contributed by atoms with van der Waals surface area (Å²) in [4.78, 5) is 19.8. The molecule has 0 saturated heterocycles. The first-order valence-electron chi connectivity index (χ1n) is 8.00. The highest BCUT2D eigenvalue weighted by molar-refractivity contribution is 5.94. The van der Waals surface area contributed by atoms with Crippen LogP contribution in [0.1, 0.15) is 19.3 Å². The second-order valence-corrected chi connectivity index (χ2v) is 5.51. The summed E-state index contributed by atoms with van der Waals surface area (Å²) < 4.78 is 5.57. The maximum absolute atomic E-state index is 11.8. The topological polar surface area (TPSA) is 87.6 Å². The maximum Gasteiger partial charge on any atom is 0.243 e. The van der Waals surface area contributed by atoms with Crippen molar-refractivity contribution in [2.75, 3.05) is 38.7 Å². The van der Waals surface area contributed by atoms with Crippen molar-refractivity contribution in [1.82, 2.24) is 15.6 Å². The van der Waals surface area contributed by atoms with Crippen LogP contribution in [0.3, 0.4) is 0 Å². The number of ether oxygens (including phenoxy) is 1. The molecular weight excluding hydrogens is 294 g/mol. The predicted molar refractivity (Wildman–Crippen MR) is 90.4 cm³/mol. The summed E-state index contributed by atoms with van der Waals surface area (Å²) in [5, 5.41) is 8.89. The van der Waals surface area contributed by atoms with E-state index < -0.39 is 0 Å². The minimum absolute atomic E-state index is 0.145. The molecule has 1 aliphatic rings. The highest BCUT2D eigenvalue weighted by Gasteiger charge is 2.20. The number of aliphatic imine (C=N–C) groups is 1. The maximum atomic E-state index is 11.8. The Morgan fingerprint density at radius 1 is 1.43 bits per heavy atom. The van der Waals surface area contributed by atoms with E-state index in [2.05, 4.69) is 25.9 Å². The highest BCUT2D eigenvalue weighted by atomic mass is 16.5. The molecule has 0 radical (unpaired) electrons. The van der Waals surface area contributed by atoms with Crippen LogP contribution in [0.25, 0.3) is 0 Å². The molecule has 0 unspecified atom stereocenters. The summed E-state index contributed by atoms with van der Waals surface area (Å²) >= 11 is 0. The van der Waals surface area contributed by atoms with Gasteiger partial charge in [-0.3, -0.25) is 14.8 Å². The number of carbonyl (C=O) groups is 1. The fourth-order valence-electron chi connectivity index (χ4n) is 1.94. The van der Waals surface area contributed by atoms with Gasteiger partial charge in [-0.15, -0.1) is 0 Å². The van der Waals surface area contributed by atoms with Gasteiger partial charge in [0.1, 0.15) is 0 Å². The molecule has 0 aromatic carbocycles. The Balaban J connectivity index is 1.54. The van der Waals surface area contributed by atoms with Gasteiger partial charge in [0.2, 0.25) is 5.91 Å². The molecule has 1 fully saturated rings. The third-order valence-electron chi connectivity index (χ3n) is 3.39. The molecule has 3 N–H and O–H groups in total. The van der Waals surface area contributed by atoms with Crippen molar-refractivity contribution in [3.8, 4) is 0 Å². The zero-order valence-electron chi connectivity index (χ0n) is 13.5. The lowest BCUT2D eigenvalue weighted by atomic mass is 10.4. The van der Waals surface area contributed by atoms with Gasteiger partial charge in [0.15, 0.2) is 5.96 Å². The Morgan fingerprint density at radius 3 is 3.00 bits per heavy atom. The van der Waals surface area contributed by atoms with Crippen molar-refractivity contribution in [1.29, 1.82) is 0 Å². The molecule has 0 atom stereocenters. The molecule has 0 spiro atoms. The van der Waals surface area contributed by atoms with Crippen molar-refractivity contribution in [2.45, 2.75) is 19.3 Å². The van der Waals surface area contributed by atoms with Crippen LogP contribution in [0.5, 0.6) is 0 Å². The van der Waals surface area contributed by atoms with Crippen molar-refractivity contribution in [3.63, 3.8) is 0 Å². The first-order chi connectivity index (χ1) is 11.3. The fraction of sp³-hybridized carbons (Fsp3) is 0.562. The average molecular weight is 319 g/mol. The number of hydrogen-bond donors (Lipinski definition) is 3. The van der Waals surface area contributed by atoms with E-state index >= 15 is 0 Å². The molecular formula is C16H25N5O2. The number of nitrogens with one attached hydrogen (secondary N) is 3. The van der Waals surface area contributed by atoms with Crippen molar-refractivity contribution < 1.29 is 9.53 Å². The van der Waals surface area contributed by atoms with Gasteiger partial charge in [-0.05, 0) is 37.3 Å². The standard InChI is InChI=1S/C16H25N5O2/c1-17-16(19-8-3-9-23-12-13-5-6-13)20-11-15(22)21-14-4-2-7-18-10-14/h2,4,7,10,13H,3,5-6,8-9,11-12H2,1H3,(H,21,22)(H2,17,19,20). The Bertz CT molecular complexity index is 502. The van der Waals surface area contributed by atoms with Crippen LogP contribution in [-0.2, 0) is 9.53 Å². The summed E-state index contributed by atoms with van der Waals surface area (Å²) in [6.45, 7) is 2.55. The van der Waals surface area contributed by atoms with Gasteiger partial charge in [0.25, 0.3) is 0 Å². The fourth-order valence-corrected chi connectivity index (χ4v) is 1.94. The molecule has 1 saturated carbocycles. The van der Waals surface area contributed by atoms with Crippen LogP contribution in [0.4, 0.5) is 5.69 Å². The molecule has 0 bridgehead atoms. The minimum atomic E-state index is -0.145. The zero-order chi connectivity index (χ0) is 16.3. The Hall–Kier alpha value is -2.15. The van der Waals surface area contributed by atoms with Crippen LogP contribution in [0, 0.1) is 5.92 Å². The SMILES string of the molecule is CN=C(NCCCOCC1CC1)NCC(=O)Nc1cccnc1. The monoisotopic (exact) mass is 319 g/mol. The van der Waals surface area contributed by atoms with E-state index in [1.54, 1.807) is 31.6 Å². The highest BCUT2D eigenvalue weighted by Crippen LogP contribution is 2.28. The van der Waals surface area contributed by atoms with E-state index in [1.165, 1.54) is 12.8 Å². The van der Waals surface area contributed by atoms with Gasteiger partial charge in [0, 0.05) is 33.0 Å². The number of amides is 1. The van der Waals surface area contributed by atoms with Crippen LogP contribution in [0.2, 0.25) is 0 Å². The van der Waals surface area contributed by atoms with Crippen LogP contribution >= 0.6 is 0 Å². The average Bonchev–Trinajstić information content (AvgIpc) is 3.38. The van der Waals surface area contributed by atoms with Gasteiger partial charge in [-0.2, -0.15) is 0 Å². The lowest BCUT2D eigenvalue weighted by Crippen LogP contribution is -2.41. The predicted octanol–water partition coefficient (Wildman–Crippen LogP) is 1.00. The normalized spacial score (nSPS) is 14.4. The number of pyridine rings is 1. The van der Waals surface area contributed by atoms with E-state index in [-0.39, 0.29) is 12.5 Å². The summed E-state index contributed by atoms with van der Waals surface area (Å²) in [6.07, 6.45) is 6.81. The van der Waals surface area contributed by atoms with Crippen LogP contribution in [0.15, 0.2) is 29.5 Å². The largest absolute Gasteiger partial charge is 0.381 e. The van der Waals surface area contributed by atoms with E-state index in [0.717, 1.165) is 32.1 Å². The third kappa shape index (κ3) is 7.60. The Labute approximate surface area is 136 Å². The van der Waals surface area contributed by atoms with Crippen molar-refractivity contribution in [3.05, 3.63) is 24.5 Å². The molecule has 0 aliphatic heterocycles. The molecule has 1 amide bonds. The molecule has 1 aliphatic carbocycles. The van der Waals surface area contributed by atoms with Crippen LogP contribution < -0.4 is 16.0 Å². The second-order valence-electron chi connectivity index (χ2n) is 5.51. The molecule has 23 heavy (non-hydrogen) atoms. The van der Waals surface area contributed by atoms with Gasteiger partial charge in [-0.25, -0.2) is 0 Å². The Kier molecular flexibility index (Phi) is 7.32. The summed E-state index contributed by atoms with van der Waals surface area (Å²) in [7, 11) is 1.68. The van der Waals surface area contributed by atoms with Crippen molar-refractivity contribution in [2.24, 2.45) is 10.9 Å². The molecule has 2 rings (SSSR count). The van der Waals surface area contributed by atoms with E-state index in [1.807, 2.05) is 0 Å². The third-order valence-corrected chi connectivity index (χ3v) is 3.39. The number of nitrogens with zero attached hydrogens (tertiary/aromatic N) is 2. The number of anilines is 1. The van der Waals surface area contributed by atoms with Gasteiger partial charge in [-0.1, -0.05) is 0 Å². The van der Waals surface area contributed by atoms with Gasteiger partial charge >= 0.3 is 0 Å². The zero-order valence-corrected chi connectivity index (χ0v) is 13.5. The second kappa shape index (κ2) is 9.78. The molecule has 1 aromatic heterocycles. The van der Waals surface area contributed by atoms with Gasteiger partial charge in [0.05, 0.1) is 18.4 Å². The van der Waals surface area contributed by atoms with Gasteiger partial charge < -0.3 is 20.7 Å². The number of carbonyl (C=O) groups excluding carboxylic acids is 1. The molecule has 1 heterocycles. The summed E-state index contributed by atoms with van der Waals surface area (Å²) in [5.41, 5.74) is 0.676. The Morgan fingerprint density at radius 2 is 2.30 bits per heavy atom. The quantitative estimate of drug-likeness (QED) is 0.359.